The zero-order valence-electron chi connectivity index (χ0n) is 18.9. The summed E-state index contributed by atoms with van der Waals surface area (Å²) >= 11 is 0. The molecule has 35 heavy (non-hydrogen) atoms. The second-order valence-electron chi connectivity index (χ2n) is 8.24. The quantitative estimate of drug-likeness (QED) is 0.363. The molecule has 3 aromatic heterocycles. The summed E-state index contributed by atoms with van der Waals surface area (Å²) in [5.74, 6) is 1.35. The molecule has 0 saturated carbocycles. The fourth-order valence-corrected chi connectivity index (χ4v) is 4.21. The molecule has 0 aliphatic carbocycles. The lowest BCUT2D eigenvalue weighted by molar-refractivity contribution is 0.239. The predicted molar refractivity (Wildman–Crippen MR) is 137 cm³/mol. The second kappa shape index (κ2) is 9.30. The number of hydrogen-bond acceptors (Lipinski definition) is 7. The SMILES string of the molecule is C1=NCC(c2cncc(-c3nc(NCc4ccccn4)c4c(-c5ccccc5)cccc4n3)c2)O1. The summed E-state index contributed by atoms with van der Waals surface area (Å²) in [5, 5.41) is 4.48. The lowest BCUT2D eigenvalue weighted by atomic mass is 10.0. The predicted octanol–water partition coefficient (Wildman–Crippen LogP) is 5.47. The van der Waals surface area contributed by atoms with Crippen molar-refractivity contribution in [2.24, 2.45) is 4.99 Å². The van der Waals surface area contributed by atoms with Gasteiger partial charge in [0.25, 0.3) is 0 Å². The highest BCUT2D eigenvalue weighted by molar-refractivity contribution is 6.02. The molecule has 7 nitrogen and oxygen atoms in total. The number of benzene rings is 2. The van der Waals surface area contributed by atoms with E-state index in [2.05, 4.69) is 38.5 Å². The highest BCUT2D eigenvalue weighted by Crippen LogP contribution is 2.34. The Morgan fingerprint density at radius 2 is 1.80 bits per heavy atom. The molecule has 1 aliphatic heterocycles. The number of nitrogens with one attached hydrogen (secondary N) is 1. The highest BCUT2D eigenvalue weighted by atomic mass is 16.5. The number of aromatic nitrogens is 4. The maximum Gasteiger partial charge on any atom is 0.170 e. The van der Waals surface area contributed by atoms with Crippen LogP contribution in [0.3, 0.4) is 0 Å². The Labute approximate surface area is 202 Å². The Kier molecular flexibility index (Phi) is 5.56. The number of hydrogen-bond donors (Lipinski definition) is 1. The van der Waals surface area contributed by atoms with Crippen LogP contribution in [0.2, 0.25) is 0 Å². The van der Waals surface area contributed by atoms with Crippen LogP contribution in [-0.2, 0) is 11.3 Å². The molecule has 1 N–H and O–H groups in total. The summed E-state index contributed by atoms with van der Waals surface area (Å²) in [6, 6.07) is 24.4. The molecule has 170 valence electrons. The number of anilines is 1. The topological polar surface area (TPSA) is 85.2 Å². The van der Waals surface area contributed by atoms with E-state index in [1.54, 1.807) is 18.6 Å². The molecular formula is C28H22N6O. The van der Waals surface area contributed by atoms with Crippen molar-refractivity contribution >= 4 is 23.1 Å². The molecule has 2 aromatic carbocycles. The van der Waals surface area contributed by atoms with Crippen molar-refractivity contribution in [3.05, 3.63) is 103 Å². The third kappa shape index (κ3) is 4.31. The number of pyridine rings is 2. The van der Waals surface area contributed by atoms with Crippen molar-refractivity contribution in [2.45, 2.75) is 12.6 Å². The molecular weight excluding hydrogens is 436 g/mol. The van der Waals surface area contributed by atoms with Gasteiger partial charge < -0.3 is 10.1 Å². The number of aliphatic imine (C=N–C) groups is 1. The highest BCUT2D eigenvalue weighted by Gasteiger charge is 2.18. The average Bonchev–Trinajstić information content (AvgIpc) is 3.48. The summed E-state index contributed by atoms with van der Waals surface area (Å²) in [7, 11) is 0. The molecule has 4 heterocycles. The minimum Gasteiger partial charge on any atom is -0.474 e. The summed E-state index contributed by atoms with van der Waals surface area (Å²) in [4.78, 5) is 23.0. The van der Waals surface area contributed by atoms with Gasteiger partial charge in [0.15, 0.2) is 12.2 Å². The average molecular weight is 459 g/mol. The van der Waals surface area contributed by atoms with Gasteiger partial charge in [0.05, 0.1) is 29.7 Å². The summed E-state index contributed by atoms with van der Waals surface area (Å²) < 4.78 is 5.58. The summed E-state index contributed by atoms with van der Waals surface area (Å²) in [6.45, 7) is 1.13. The van der Waals surface area contributed by atoms with Crippen LogP contribution >= 0.6 is 0 Å². The Morgan fingerprint density at radius 3 is 2.63 bits per heavy atom. The lowest BCUT2D eigenvalue weighted by Gasteiger charge is -2.15. The fourth-order valence-electron chi connectivity index (χ4n) is 4.21. The molecule has 0 fully saturated rings. The van der Waals surface area contributed by atoms with E-state index in [1.807, 2.05) is 54.6 Å². The van der Waals surface area contributed by atoms with Gasteiger partial charge in [0, 0.05) is 29.7 Å². The van der Waals surface area contributed by atoms with Gasteiger partial charge in [0.1, 0.15) is 11.9 Å². The van der Waals surface area contributed by atoms with E-state index in [0.717, 1.165) is 44.7 Å². The molecule has 1 aliphatic rings. The van der Waals surface area contributed by atoms with Crippen LogP contribution in [0.4, 0.5) is 5.82 Å². The first-order valence-electron chi connectivity index (χ1n) is 11.4. The Morgan fingerprint density at radius 1 is 0.886 bits per heavy atom. The van der Waals surface area contributed by atoms with Gasteiger partial charge in [-0.05, 0) is 35.4 Å². The fraction of sp³-hybridized carbons (Fsp3) is 0.107. The first-order valence-corrected chi connectivity index (χ1v) is 11.4. The monoisotopic (exact) mass is 458 g/mol. The maximum atomic E-state index is 5.58. The smallest absolute Gasteiger partial charge is 0.170 e. The van der Waals surface area contributed by atoms with Gasteiger partial charge in [-0.2, -0.15) is 0 Å². The zero-order chi connectivity index (χ0) is 23.5. The Bertz CT molecular complexity index is 1500. The third-order valence-corrected chi connectivity index (χ3v) is 5.93. The van der Waals surface area contributed by atoms with Crippen molar-refractivity contribution in [3.63, 3.8) is 0 Å². The van der Waals surface area contributed by atoms with E-state index in [-0.39, 0.29) is 6.10 Å². The molecule has 0 radical (unpaired) electrons. The molecule has 0 saturated heterocycles. The number of nitrogens with zero attached hydrogens (tertiary/aromatic N) is 5. The number of rotatable bonds is 6. The van der Waals surface area contributed by atoms with Crippen LogP contribution in [-0.4, -0.2) is 32.9 Å². The molecule has 0 bridgehead atoms. The number of ether oxygens (including phenoxy) is 1. The van der Waals surface area contributed by atoms with Gasteiger partial charge in [-0.1, -0.05) is 48.5 Å². The van der Waals surface area contributed by atoms with Crippen LogP contribution < -0.4 is 5.32 Å². The Hall–Kier alpha value is -4.65. The van der Waals surface area contributed by atoms with E-state index >= 15 is 0 Å². The van der Waals surface area contributed by atoms with Crippen LogP contribution in [0.5, 0.6) is 0 Å². The van der Waals surface area contributed by atoms with E-state index < -0.39 is 0 Å². The zero-order valence-corrected chi connectivity index (χ0v) is 18.9. The summed E-state index contributed by atoms with van der Waals surface area (Å²) in [6.07, 6.45) is 6.74. The van der Waals surface area contributed by atoms with Gasteiger partial charge in [-0.3, -0.25) is 15.0 Å². The van der Waals surface area contributed by atoms with Crippen molar-refractivity contribution < 1.29 is 4.74 Å². The molecule has 1 unspecified atom stereocenters. The van der Waals surface area contributed by atoms with E-state index in [1.165, 1.54) is 6.40 Å². The van der Waals surface area contributed by atoms with E-state index in [0.29, 0.717) is 18.9 Å². The van der Waals surface area contributed by atoms with Gasteiger partial charge in [0.2, 0.25) is 0 Å². The van der Waals surface area contributed by atoms with Gasteiger partial charge in [-0.15, -0.1) is 0 Å². The van der Waals surface area contributed by atoms with Gasteiger partial charge >= 0.3 is 0 Å². The first-order chi connectivity index (χ1) is 17.3. The van der Waals surface area contributed by atoms with Crippen molar-refractivity contribution in [1.82, 2.24) is 19.9 Å². The van der Waals surface area contributed by atoms with Crippen molar-refractivity contribution in [2.75, 3.05) is 11.9 Å². The lowest BCUT2D eigenvalue weighted by Crippen LogP contribution is -2.06. The molecule has 7 heteroatoms. The first kappa shape index (κ1) is 20.9. The number of fused-ring (bicyclic) bond motifs is 1. The van der Waals surface area contributed by atoms with Crippen molar-refractivity contribution in [1.29, 1.82) is 0 Å². The van der Waals surface area contributed by atoms with Crippen LogP contribution in [0, 0.1) is 0 Å². The molecule has 0 spiro atoms. The third-order valence-electron chi connectivity index (χ3n) is 5.93. The molecule has 1 atom stereocenters. The van der Waals surface area contributed by atoms with Crippen LogP contribution in [0.1, 0.15) is 17.4 Å². The van der Waals surface area contributed by atoms with Crippen molar-refractivity contribution in [3.8, 4) is 22.5 Å². The standard InChI is InChI=1S/C28H22N6O/c1-2-7-19(8-3-1)23-10-6-11-24-26(23)28(32-16-22-9-4-5-12-31-22)34-27(33-24)21-13-20(14-29-15-21)25-17-30-18-35-25/h1-15,18,25H,16-17H2,(H,32,33,34). The largest absolute Gasteiger partial charge is 0.474 e. The van der Waals surface area contributed by atoms with Crippen LogP contribution in [0.15, 0.2) is 96.4 Å². The van der Waals surface area contributed by atoms with E-state index in [9.17, 15) is 0 Å². The summed E-state index contributed by atoms with van der Waals surface area (Å²) in [5.41, 5.74) is 5.74. The molecule has 6 rings (SSSR count). The Balaban J connectivity index is 1.48. The molecule has 5 aromatic rings. The minimum absolute atomic E-state index is 0.130. The minimum atomic E-state index is -0.130. The van der Waals surface area contributed by atoms with Gasteiger partial charge in [-0.25, -0.2) is 9.97 Å². The molecule has 0 amide bonds. The van der Waals surface area contributed by atoms with Crippen LogP contribution in [0.25, 0.3) is 33.4 Å². The normalized spacial score (nSPS) is 14.7. The maximum absolute atomic E-state index is 5.58. The van der Waals surface area contributed by atoms with E-state index in [4.69, 9.17) is 14.7 Å². The second-order valence-corrected chi connectivity index (χ2v) is 8.24.